The predicted molar refractivity (Wildman–Crippen MR) is 86.2 cm³/mol. The van der Waals surface area contributed by atoms with Crippen LogP contribution < -0.4 is 0 Å². The number of halogens is 2. The zero-order chi connectivity index (χ0) is 13.7. The molecule has 2 aromatic rings. The van der Waals surface area contributed by atoms with E-state index in [2.05, 4.69) is 56.1 Å². The maximum Gasteiger partial charge on any atom is 0.0801 e. The second kappa shape index (κ2) is 7.22. The molecular weight excluding hydrogens is 368 g/mol. The molecule has 0 aliphatic heterocycles. The summed E-state index contributed by atoms with van der Waals surface area (Å²) in [5.41, 5.74) is 2.28. The van der Waals surface area contributed by atoms with Gasteiger partial charge in [-0.3, -0.25) is 0 Å². The molecule has 0 aliphatic carbocycles. The number of rotatable bonds is 5. The topological polar surface area (TPSA) is 20.2 Å². The van der Waals surface area contributed by atoms with Crippen molar-refractivity contribution in [3.05, 3.63) is 68.6 Å². The summed E-state index contributed by atoms with van der Waals surface area (Å²) in [6.45, 7) is 0. The highest BCUT2D eigenvalue weighted by atomic mass is 79.9. The van der Waals surface area contributed by atoms with Crippen LogP contribution in [0.4, 0.5) is 0 Å². The fourth-order valence-electron chi connectivity index (χ4n) is 2.07. The Morgan fingerprint density at radius 2 is 1.74 bits per heavy atom. The second-order valence-electron chi connectivity index (χ2n) is 4.56. The van der Waals surface area contributed by atoms with Gasteiger partial charge in [0.2, 0.25) is 0 Å². The SMILES string of the molecule is OC(CCCc1ccccc1)c1ccc(Br)cc1Br. The Hall–Kier alpha value is -0.640. The number of hydrogen-bond donors (Lipinski definition) is 1. The molecule has 100 valence electrons. The van der Waals surface area contributed by atoms with E-state index in [1.165, 1.54) is 5.56 Å². The Morgan fingerprint density at radius 1 is 1.00 bits per heavy atom. The van der Waals surface area contributed by atoms with Crippen LogP contribution in [-0.2, 0) is 6.42 Å². The maximum atomic E-state index is 10.2. The third kappa shape index (κ3) is 4.44. The highest BCUT2D eigenvalue weighted by Crippen LogP contribution is 2.29. The van der Waals surface area contributed by atoms with Crippen LogP contribution >= 0.6 is 31.9 Å². The molecule has 0 aromatic heterocycles. The number of benzene rings is 2. The molecule has 0 amide bonds. The highest BCUT2D eigenvalue weighted by molar-refractivity contribution is 9.11. The van der Waals surface area contributed by atoms with E-state index in [9.17, 15) is 5.11 Å². The molecule has 3 heteroatoms. The van der Waals surface area contributed by atoms with Crippen molar-refractivity contribution in [2.24, 2.45) is 0 Å². The van der Waals surface area contributed by atoms with Crippen molar-refractivity contribution in [3.8, 4) is 0 Å². The second-order valence-corrected chi connectivity index (χ2v) is 6.33. The third-order valence-corrected chi connectivity index (χ3v) is 4.29. The van der Waals surface area contributed by atoms with Gasteiger partial charge in [-0.2, -0.15) is 0 Å². The lowest BCUT2D eigenvalue weighted by Crippen LogP contribution is -1.99. The first-order valence-corrected chi connectivity index (χ1v) is 7.92. The van der Waals surface area contributed by atoms with Gasteiger partial charge in [-0.1, -0.05) is 68.3 Å². The Labute approximate surface area is 130 Å². The highest BCUT2D eigenvalue weighted by Gasteiger charge is 2.11. The van der Waals surface area contributed by atoms with Gasteiger partial charge in [0.15, 0.2) is 0 Å². The van der Waals surface area contributed by atoms with Crippen LogP contribution in [0.15, 0.2) is 57.5 Å². The van der Waals surface area contributed by atoms with E-state index in [1.807, 2.05) is 24.3 Å². The van der Waals surface area contributed by atoms with Crippen molar-refractivity contribution in [1.29, 1.82) is 0 Å². The van der Waals surface area contributed by atoms with Gasteiger partial charge in [0.25, 0.3) is 0 Å². The first-order chi connectivity index (χ1) is 9.16. The summed E-state index contributed by atoms with van der Waals surface area (Å²) in [7, 11) is 0. The predicted octanol–water partition coefficient (Wildman–Crippen LogP) is 5.27. The van der Waals surface area contributed by atoms with Crippen molar-refractivity contribution in [2.75, 3.05) is 0 Å². The molecule has 1 N–H and O–H groups in total. The van der Waals surface area contributed by atoms with Crippen molar-refractivity contribution in [2.45, 2.75) is 25.4 Å². The molecule has 0 aliphatic rings. The summed E-state index contributed by atoms with van der Waals surface area (Å²) in [6.07, 6.45) is 2.35. The van der Waals surface area contributed by atoms with E-state index < -0.39 is 6.10 Å². The largest absolute Gasteiger partial charge is 0.388 e. The third-order valence-electron chi connectivity index (χ3n) is 3.11. The van der Waals surface area contributed by atoms with E-state index in [-0.39, 0.29) is 0 Å². The minimum absolute atomic E-state index is 0.411. The summed E-state index contributed by atoms with van der Waals surface area (Å²) < 4.78 is 1.97. The average Bonchev–Trinajstić information content (AvgIpc) is 2.39. The van der Waals surface area contributed by atoms with Crippen LogP contribution in [0.1, 0.15) is 30.1 Å². The summed E-state index contributed by atoms with van der Waals surface area (Å²) in [5.74, 6) is 0. The summed E-state index contributed by atoms with van der Waals surface area (Å²) in [4.78, 5) is 0. The van der Waals surface area contributed by atoms with Crippen molar-refractivity contribution >= 4 is 31.9 Å². The Morgan fingerprint density at radius 3 is 2.42 bits per heavy atom. The van der Waals surface area contributed by atoms with Crippen molar-refractivity contribution < 1.29 is 5.11 Å². The quantitative estimate of drug-likeness (QED) is 0.745. The lowest BCUT2D eigenvalue weighted by Gasteiger charge is -2.13. The molecule has 1 atom stereocenters. The van der Waals surface area contributed by atoms with E-state index in [0.717, 1.165) is 33.8 Å². The molecule has 0 fully saturated rings. The molecule has 0 heterocycles. The first kappa shape index (κ1) is 14.8. The van der Waals surface area contributed by atoms with Gasteiger partial charge in [0.05, 0.1) is 6.10 Å². The molecule has 0 radical (unpaired) electrons. The monoisotopic (exact) mass is 382 g/mol. The van der Waals surface area contributed by atoms with Crippen molar-refractivity contribution in [1.82, 2.24) is 0 Å². The van der Waals surface area contributed by atoms with Gasteiger partial charge in [-0.25, -0.2) is 0 Å². The van der Waals surface area contributed by atoms with Crippen molar-refractivity contribution in [3.63, 3.8) is 0 Å². The Bertz CT molecular complexity index is 526. The van der Waals surface area contributed by atoms with Crippen LogP contribution in [0.3, 0.4) is 0 Å². The summed E-state index contributed by atoms with van der Waals surface area (Å²) in [6, 6.07) is 16.3. The van der Waals surface area contributed by atoms with E-state index in [1.54, 1.807) is 0 Å². The molecule has 1 unspecified atom stereocenters. The van der Waals surface area contributed by atoms with Crippen LogP contribution in [0.25, 0.3) is 0 Å². The molecule has 0 saturated carbocycles. The normalized spacial score (nSPS) is 12.4. The summed E-state index contributed by atoms with van der Waals surface area (Å²) >= 11 is 6.91. The van der Waals surface area contributed by atoms with E-state index in [4.69, 9.17) is 0 Å². The zero-order valence-corrected chi connectivity index (χ0v) is 13.7. The molecule has 0 bridgehead atoms. The number of hydrogen-bond acceptors (Lipinski definition) is 1. The fourth-order valence-corrected chi connectivity index (χ4v) is 3.38. The van der Waals surface area contributed by atoms with Crippen LogP contribution in [0, 0.1) is 0 Å². The molecule has 0 spiro atoms. The molecule has 0 saturated heterocycles. The minimum atomic E-state index is -0.411. The maximum absolute atomic E-state index is 10.2. The van der Waals surface area contributed by atoms with Gasteiger partial charge in [-0.05, 0) is 42.5 Å². The van der Waals surface area contributed by atoms with Crippen LogP contribution in [0.5, 0.6) is 0 Å². The lowest BCUT2D eigenvalue weighted by molar-refractivity contribution is 0.164. The van der Waals surface area contributed by atoms with E-state index in [0.29, 0.717) is 0 Å². The van der Waals surface area contributed by atoms with Crippen LogP contribution in [-0.4, -0.2) is 5.11 Å². The zero-order valence-electron chi connectivity index (χ0n) is 10.5. The summed E-state index contributed by atoms with van der Waals surface area (Å²) in [5, 5.41) is 10.2. The lowest BCUT2D eigenvalue weighted by atomic mass is 10.0. The van der Waals surface area contributed by atoms with Crippen LogP contribution in [0.2, 0.25) is 0 Å². The molecule has 2 rings (SSSR count). The fraction of sp³-hybridized carbons (Fsp3) is 0.250. The van der Waals surface area contributed by atoms with Gasteiger partial charge < -0.3 is 5.11 Å². The smallest absolute Gasteiger partial charge is 0.0801 e. The molecular formula is C16H16Br2O. The Balaban J connectivity index is 1.89. The molecule has 1 nitrogen and oxygen atoms in total. The van der Waals surface area contributed by atoms with Gasteiger partial charge >= 0.3 is 0 Å². The first-order valence-electron chi connectivity index (χ1n) is 6.34. The number of aliphatic hydroxyl groups excluding tert-OH is 1. The molecule has 2 aromatic carbocycles. The van der Waals surface area contributed by atoms with Gasteiger partial charge in [-0.15, -0.1) is 0 Å². The average molecular weight is 384 g/mol. The number of aliphatic hydroxyl groups is 1. The Kier molecular flexibility index (Phi) is 5.61. The van der Waals surface area contributed by atoms with Gasteiger partial charge in [0.1, 0.15) is 0 Å². The number of aryl methyl sites for hydroxylation is 1. The van der Waals surface area contributed by atoms with Gasteiger partial charge in [0, 0.05) is 8.95 Å². The molecule has 19 heavy (non-hydrogen) atoms. The standard InChI is InChI=1S/C16H16Br2O/c17-13-9-10-14(15(18)11-13)16(19)8-4-7-12-5-2-1-3-6-12/h1-3,5-6,9-11,16,19H,4,7-8H2. The minimum Gasteiger partial charge on any atom is -0.388 e. The van der Waals surface area contributed by atoms with E-state index >= 15 is 0 Å².